The highest BCUT2D eigenvalue weighted by Crippen LogP contribution is 2.28. The Bertz CT molecular complexity index is 1240. The molecule has 3 aromatic carbocycles. The molecule has 9 heteroatoms. The van der Waals surface area contributed by atoms with Crippen LogP contribution in [-0.4, -0.2) is 31.8 Å². The van der Waals surface area contributed by atoms with Crippen molar-refractivity contribution in [3.63, 3.8) is 0 Å². The van der Waals surface area contributed by atoms with E-state index in [1.807, 2.05) is 12.1 Å². The van der Waals surface area contributed by atoms with Crippen molar-refractivity contribution >= 4 is 34.0 Å². The van der Waals surface area contributed by atoms with E-state index in [1.54, 1.807) is 60.7 Å². The Morgan fingerprint density at radius 3 is 2.64 bits per heavy atom. The normalized spacial score (nSPS) is 10.3. The number of hydrogen-bond donors (Lipinski definition) is 1. The molecule has 0 radical (unpaired) electrons. The maximum atomic E-state index is 12.4. The predicted octanol–water partition coefficient (Wildman–Crippen LogP) is 4.08. The number of methoxy groups -OCH3 is 1. The Hall–Kier alpha value is -4.16. The van der Waals surface area contributed by atoms with Crippen molar-refractivity contribution in [3.8, 4) is 23.3 Å². The topological polar surface area (TPSA) is 110 Å². The van der Waals surface area contributed by atoms with E-state index in [0.29, 0.717) is 28.2 Å². The molecule has 0 aliphatic heterocycles. The summed E-state index contributed by atoms with van der Waals surface area (Å²) >= 11 is 3.32. The summed E-state index contributed by atoms with van der Waals surface area (Å²) in [4.78, 5) is 24.3. The molecular formula is C24H18BrN3O5. The summed E-state index contributed by atoms with van der Waals surface area (Å²) < 4.78 is 16.8. The van der Waals surface area contributed by atoms with E-state index in [1.165, 1.54) is 13.3 Å². The van der Waals surface area contributed by atoms with Crippen LogP contribution in [0.1, 0.15) is 21.5 Å². The number of esters is 1. The molecule has 3 rings (SSSR count). The Morgan fingerprint density at radius 1 is 1.06 bits per heavy atom. The Morgan fingerprint density at radius 2 is 1.88 bits per heavy atom. The van der Waals surface area contributed by atoms with Crippen LogP contribution in [0.15, 0.2) is 76.3 Å². The van der Waals surface area contributed by atoms with E-state index in [9.17, 15) is 9.59 Å². The van der Waals surface area contributed by atoms with E-state index in [4.69, 9.17) is 19.5 Å². The van der Waals surface area contributed by atoms with Gasteiger partial charge in [0.1, 0.15) is 11.8 Å². The van der Waals surface area contributed by atoms with Crippen LogP contribution in [0.3, 0.4) is 0 Å². The molecule has 0 unspecified atom stereocenters. The predicted molar refractivity (Wildman–Crippen MR) is 124 cm³/mol. The first kappa shape index (κ1) is 23.5. The minimum absolute atomic E-state index is 0.244. The van der Waals surface area contributed by atoms with Gasteiger partial charge in [-0.2, -0.15) is 10.4 Å². The fraction of sp³-hybridized carbons (Fsp3) is 0.0833. The van der Waals surface area contributed by atoms with Crippen molar-refractivity contribution in [2.75, 3.05) is 13.7 Å². The molecule has 0 aromatic heterocycles. The minimum atomic E-state index is -0.527. The monoisotopic (exact) mass is 507 g/mol. The zero-order valence-corrected chi connectivity index (χ0v) is 19.0. The number of nitrogens with zero attached hydrogens (tertiary/aromatic N) is 2. The number of carbonyl (C=O) groups excluding carboxylic acids is 2. The molecule has 0 heterocycles. The molecule has 1 N–H and O–H groups in total. The lowest BCUT2D eigenvalue weighted by molar-refractivity contribution is -0.123. The molecule has 33 heavy (non-hydrogen) atoms. The average Bonchev–Trinajstić information content (AvgIpc) is 2.83. The number of ether oxygens (including phenoxy) is 3. The largest absolute Gasteiger partial charge is 0.493 e. The minimum Gasteiger partial charge on any atom is -0.493 e. The van der Waals surface area contributed by atoms with Crippen LogP contribution in [0.2, 0.25) is 0 Å². The van der Waals surface area contributed by atoms with Crippen LogP contribution in [0.5, 0.6) is 17.2 Å². The van der Waals surface area contributed by atoms with Gasteiger partial charge in [-0.1, -0.05) is 34.1 Å². The fourth-order valence-electron chi connectivity index (χ4n) is 2.66. The van der Waals surface area contributed by atoms with Crippen LogP contribution >= 0.6 is 15.9 Å². The number of para-hydroxylation sites is 1. The van der Waals surface area contributed by atoms with Gasteiger partial charge in [-0.05, 0) is 54.1 Å². The summed E-state index contributed by atoms with van der Waals surface area (Å²) in [5.41, 5.74) is 3.67. The molecule has 0 aliphatic rings. The number of hydrazone groups is 1. The van der Waals surface area contributed by atoms with Gasteiger partial charge in [-0.25, -0.2) is 10.2 Å². The lowest BCUT2D eigenvalue weighted by Crippen LogP contribution is -2.24. The average molecular weight is 508 g/mol. The smallest absolute Gasteiger partial charge is 0.343 e. The van der Waals surface area contributed by atoms with Gasteiger partial charge in [0, 0.05) is 4.47 Å². The fourth-order valence-corrected chi connectivity index (χ4v) is 3.06. The molecule has 1 amide bonds. The van der Waals surface area contributed by atoms with E-state index in [0.717, 1.165) is 4.47 Å². The lowest BCUT2D eigenvalue weighted by Gasteiger charge is -2.10. The third kappa shape index (κ3) is 6.66. The standard InChI is InChI=1S/C24H18BrN3O5/c1-31-22-11-16(9-10-21(22)33-24(30)17-6-4-7-19(25)12-17)14-27-28-23(29)15-32-20-8-3-2-5-18(20)13-26/h2-12,14H,15H2,1H3,(H,28,29). The van der Waals surface area contributed by atoms with Crippen LogP contribution in [-0.2, 0) is 4.79 Å². The number of halogens is 1. The highest BCUT2D eigenvalue weighted by atomic mass is 79.9. The summed E-state index contributed by atoms with van der Waals surface area (Å²) in [5.74, 6) is -0.137. The second-order valence-electron chi connectivity index (χ2n) is 6.50. The van der Waals surface area contributed by atoms with Crippen molar-refractivity contribution in [1.29, 1.82) is 5.26 Å². The zero-order chi connectivity index (χ0) is 23.6. The number of carbonyl (C=O) groups is 2. The van der Waals surface area contributed by atoms with Gasteiger partial charge in [-0.3, -0.25) is 4.79 Å². The van der Waals surface area contributed by atoms with Gasteiger partial charge in [0.15, 0.2) is 18.1 Å². The van der Waals surface area contributed by atoms with Gasteiger partial charge in [0.25, 0.3) is 5.91 Å². The summed E-state index contributed by atoms with van der Waals surface area (Å²) in [6.45, 7) is -0.302. The molecule has 0 aliphatic carbocycles. The van der Waals surface area contributed by atoms with Crippen molar-refractivity contribution in [2.24, 2.45) is 5.10 Å². The number of benzene rings is 3. The number of amides is 1. The van der Waals surface area contributed by atoms with E-state index in [-0.39, 0.29) is 12.4 Å². The summed E-state index contributed by atoms with van der Waals surface area (Å²) in [5, 5.41) is 12.9. The van der Waals surface area contributed by atoms with Gasteiger partial charge < -0.3 is 14.2 Å². The van der Waals surface area contributed by atoms with Crippen LogP contribution in [0.4, 0.5) is 0 Å². The maximum absolute atomic E-state index is 12.4. The Kier molecular flexibility index (Phi) is 8.16. The molecule has 0 atom stereocenters. The number of nitrogens with one attached hydrogen (secondary N) is 1. The summed E-state index contributed by atoms with van der Waals surface area (Å²) in [6.07, 6.45) is 1.41. The van der Waals surface area contributed by atoms with Crippen LogP contribution < -0.4 is 19.6 Å². The first-order valence-corrected chi connectivity index (χ1v) is 10.4. The molecule has 3 aromatic rings. The van der Waals surface area contributed by atoms with Crippen molar-refractivity contribution in [2.45, 2.75) is 0 Å². The molecule has 0 saturated heterocycles. The molecule has 0 saturated carbocycles. The Labute approximate surface area is 198 Å². The molecule has 8 nitrogen and oxygen atoms in total. The third-order valence-corrected chi connectivity index (χ3v) is 4.71. The van der Waals surface area contributed by atoms with Crippen molar-refractivity contribution in [1.82, 2.24) is 5.43 Å². The van der Waals surface area contributed by atoms with Crippen molar-refractivity contribution < 1.29 is 23.8 Å². The van der Waals surface area contributed by atoms with E-state index in [2.05, 4.69) is 26.5 Å². The molecule has 0 fully saturated rings. The summed E-state index contributed by atoms with van der Waals surface area (Å²) in [7, 11) is 1.45. The van der Waals surface area contributed by atoms with Gasteiger partial charge in [0.05, 0.1) is 24.5 Å². The van der Waals surface area contributed by atoms with Crippen LogP contribution in [0.25, 0.3) is 0 Å². The number of rotatable bonds is 8. The molecule has 0 spiro atoms. The number of nitriles is 1. The SMILES string of the molecule is COc1cc(C=NNC(=O)COc2ccccc2C#N)ccc1OC(=O)c1cccc(Br)c1. The van der Waals surface area contributed by atoms with Gasteiger partial charge in [-0.15, -0.1) is 0 Å². The first-order chi connectivity index (χ1) is 16.0. The zero-order valence-electron chi connectivity index (χ0n) is 17.4. The molecular weight excluding hydrogens is 490 g/mol. The van der Waals surface area contributed by atoms with Crippen LogP contribution in [0, 0.1) is 11.3 Å². The Balaban J connectivity index is 1.58. The molecule has 166 valence electrons. The number of hydrogen-bond acceptors (Lipinski definition) is 7. The molecule has 0 bridgehead atoms. The van der Waals surface area contributed by atoms with E-state index >= 15 is 0 Å². The third-order valence-electron chi connectivity index (χ3n) is 4.22. The quantitative estimate of drug-likeness (QED) is 0.213. The summed E-state index contributed by atoms with van der Waals surface area (Å²) in [6, 6.07) is 20.3. The maximum Gasteiger partial charge on any atom is 0.343 e. The van der Waals surface area contributed by atoms with Gasteiger partial charge >= 0.3 is 5.97 Å². The lowest BCUT2D eigenvalue weighted by atomic mass is 10.2. The highest BCUT2D eigenvalue weighted by Gasteiger charge is 2.13. The van der Waals surface area contributed by atoms with Gasteiger partial charge in [0.2, 0.25) is 0 Å². The first-order valence-electron chi connectivity index (χ1n) is 9.60. The highest BCUT2D eigenvalue weighted by molar-refractivity contribution is 9.10. The van der Waals surface area contributed by atoms with Crippen molar-refractivity contribution in [3.05, 3.63) is 87.9 Å². The second kappa shape index (κ2) is 11.5. The van der Waals surface area contributed by atoms with E-state index < -0.39 is 11.9 Å². The second-order valence-corrected chi connectivity index (χ2v) is 7.42.